The number of carbonyl (C=O) groups excluding carboxylic acids is 1. The van der Waals surface area contributed by atoms with Crippen molar-refractivity contribution in [2.75, 3.05) is 18.6 Å². The molecule has 0 radical (unpaired) electrons. The van der Waals surface area contributed by atoms with Gasteiger partial charge in [0.2, 0.25) is 6.41 Å². The molecule has 1 heterocycles. The predicted molar refractivity (Wildman–Crippen MR) is 61.2 cm³/mol. The number of methoxy groups -OCH3 is 1. The molecule has 0 aliphatic heterocycles. The Hall–Kier alpha value is -1.56. The maximum atomic E-state index is 13.5. The molecule has 0 spiro atoms. The van der Waals surface area contributed by atoms with Crippen molar-refractivity contribution < 1.29 is 13.9 Å². The fourth-order valence-corrected chi connectivity index (χ4v) is 1.30. The molecule has 0 N–H and O–H groups in total. The molecule has 94 valence electrons. The number of amides is 1. The van der Waals surface area contributed by atoms with E-state index in [1.807, 2.05) is 6.92 Å². The molecule has 17 heavy (non-hydrogen) atoms. The van der Waals surface area contributed by atoms with E-state index in [1.165, 1.54) is 12.0 Å². The molecule has 0 fully saturated rings. The Labute approximate surface area is 99.6 Å². The van der Waals surface area contributed by atoms with E-state index in [-0.39, 0.29) is 18.5 Å². The third-order valence-corrected chi connectivity index (χ3v) is 2.35. The Morgan fingerprint density at radius 2 is 2.35 bits per heavy atom. The lowest BCUT2D eigenvalue weighted by Gasteiger charge is -2.20. The van der Waals surface area contributed by atoms with Gasteiger partial charge in [-0.2, -0.15) is 0 Å². The summed E-state index contributed by atoms with van der Waals surface area (Å²) in [7, 11) is 1.53. The topological polar surface area (TPSA) is 55.3 Å². The first kappa shape index (κ1) is 13.5. The average Bonchev–Trinajstić information content (AvgIpc) is 2.36. The quantitative estimate of drug-likeness (QED) is 0.702. The van der Waals surface area contributed by atoms with Gasteiger partial charge >= 0.3 is 0 Å². The largest absolute Gasteiger partial charge is 0.380 e. The van der Waals surface area contributed by atoms with Gasteiger partial charge in [0.25, 0.3) is 0 Å². The van der Waals surface area contributed by atoms with Crippen molar-refractivity contribution in [3.8, 4) is 0 Å². The zero-order valence-corrected chi connectivity index (χ0v) is 10.2. The molecule has 0 saturated carbocycles. The monoisotopic (exact) mass is 241 g/mol. The predicted octanol–water partition coefficient (Wildman–Crippen LogP) is 1.18. The summed E-state index contributed by atoms with van der Waals surface area (Å²) in [4.78, 5) is 20.0. The number of aryl methyl sites for hydroxylation is 1. The van der Waals surface area contributed by atoms with Gasteiger partial charge < -0.3 is 4.74 Å². The molecule has 0 aliphatic rings. The molecule has 0 bridgehead atoms. The fourth-order valence-electron chi connectivity index (χ4n) is 1.30. The lowest BCUT2D eigenvalue weighted by molar-refractivity contribution is -0.107. The number of hydrogen-bond donors (Lipinski definition) is 0. The SMILES string of the molecule is CCc1ncc(F)c(N(C=O)CC(C)OC)n1. The van der Waals surface area contributed by atoms with Crippen molar-refractivity contribution >= 4 is 12.2 Å². The maximum Gasteiger partial charge on any atom is 0.215 e. The Morgan fingerprint density at radius 1 is 1.65 bits per heavy atom. The minimum atomic E-state index is -0.613. The van der Waals surface area contributed by atoms with Gasteiger partial charge in [-0.15, -0.1) is 0 Å². The van der Waals surface area contributed by atoms with Crippen molar-refractivity contribution in [2.45, 2.75) is 26.4 Å². The minimum Gasteiger partial charge on any atom is -0.380 e. The summed E-state index contributed by atoms with van der Waals surface area (Å²) < 4.78 is 18.6. The summed E-state index contributed by atoms with van der Waals surface area (Å²) in [6, 6.07) is 0. The zero-order chi connectivity index (χ0) is 12.8. The number of ether oxygens (including phenoxy) is 1. The third-order valence-electron chi connectivity index (χ3n) is 2.35. The Morgan fingerprint density at radius 3 is 2.88 bits per heavy atom. The van der Waals surface area contributed by atoms with Gasteiger partial charge in [-0.05, 0) is 6.92 Å². The number of hydrogen-bond acceptors (Lipinski definition) is 4. The highest BCUT2D eigenvalue weighted by atomic mass is 19.1. The van der Waals surface area contributed by atoms with Gasteiger partial charge in [-0.25, -0.2) is 14.4 Å². The number of rotatable bonds is 6. The van der Waals surface area contributed by atoms with Crippen molar-refractivity contribution in [1.82, 2.24) is 9.97 Å². The third kappa shape index (κ3) is 3.45. The fraction of sp³-hybridized carbons (Fsp3) is 0.545. The molecule has 1 aromatic rings. The van der Waals surface area contributed by atoms with Gasteiger partial charge in [-0.1, -0.05) is 6.92 Å². The Bertz CT molecular complexity index is 387. The van der Waals surface area contributed by atoms with E-state index in [1.54, 1.807) is 6.92 Å². The van der Waals surface area contributed by atoms with E-state index < -0.39 is 5.82 Å². The Kier molecular flexibility index (Phi) is 4.96. The second kappa shape index (κ2) is 6.24. The van der Waals surface area contributed by atoms with Crippen molar-refractivity contribution in [2.24, 2.45) is 0 Å². The molecule has 0 aliphatic carbocycles. The smallest absolute Gasteiger partial charge is 0.215 e. The van der Waals surface area contributed by atoms with Crippen molar-refractivity contribution in [3.63, 3.8) is 0 Å². The zero-order valence-electron chi connectivity index (χ0n) is 10.2. The summed E-state index contributed by atoms with van der Waals surface area (Å²) in [5, 5.41) is 0. The van der Waals surface area contributed by atoms with Crippen LogP contribution in [0.25, 0.3) is 0 Å². The van der Waals surface area contributed by atoms with Crippen LogP contribution in [0, 0.1) is 5.82 Å². The number of carbonyl (C=O) groups is 1. The first-order valence-electron chi connectivity index (χ1n) is 5.38. The molecule has 0 aromatic carbocycles. The lowest BCUT2D eigenvalue weighted by Crippen LogP contribution is -2.32. The molecular weight excluding hydrogens is 225 g/mol. The standard InChI is InChI=1S/C11H16FN3O2/c1-4-10-13-5-9(12)11(14-10)15(7-16)6-8(2)17-3/h5,7-8H,4,6H2,1-3H3. The number of aromatic nitrogens is 2. The van der Waals surface area contributed by atoms with Gasteiger partial charge in [0.15, 0.2) is 11.6 Å². The van der Waals surface area contributed by atoms with Crippen LogP contribution in [0.4, 0.5) is 10.2 Å². The van der Waals surface area contributed by atoms with Crippen LogP contribution in [0.2, 0.25) is 0 Å². The maximum absolute atomic E-state index is 13.5. The van der Waals surface area contributed by atoms with Gasteiger partial charge in [-0.3, -0.25) is 9.69 Å². The van der Waals surface area contributed by atoms with Gasteiger partial charge in [0.1, 0.15) is 5.82 Å². The number of nitrogens with zero attached hydrogens (tertiary/aromatic N) is 3. The van der Waals surface area contributed by atoms with Crippen LogP contribution >= 0.6 is 0 Å². The second-order valence-electron chi connectivity index (χ2n) is 3.62. The summed E-state index contributed by atoms with van der Waals surface area (Å²) in [5.74, 6) is -0.119. The highest BCUT2D eigenvalue weighted by Crippen LogP contribution is 2.15. The van der Waals surface area contributed by atoms with Gasteiger partial charge in [0.05, 0.1) is 18.8 Å². The molecule has 1 atom stereocenters. The van der Waals surface area contributed by atoms with E-state index in [0.717, 1.165) is 6.20 Å². The van der Waals surface area contributed by atoms with Crippen LogP contribution < -0.4 is 4.90 Å². The normalized spacial score (nSPS) is 12.2. The average molecular weight is 241 g/mol. The summed E-state index contributed by atoms with van der Waals surface area (Å²) in [6.07, 6.45) is 2.01. The van der Waals surface area contributed by atoms with Crippen LogP contribution in [0.5, 0.6) is 0 Å². The number of halogens is 1. The van der Waals surface area contributed by atoms with Gasteiger partial charge in [0, 0.05) is 13.5 Å². The van der Waals surface area contributed by atoms with E-state index in [9.17, 15) is 9.18 Å². The molecule has 0 saturated heterocycles. The van der Waals surface area contributed by atoms with E-state index in [4.69, 9.17) is 4.74 Å². The lowest BCUT2D eigenvalue weighted by atomic mass is 10.3. The number of anilines is 1. The molecule has 1 aromatic heterocycles. The van der Waals surface area contributed by atoms with Crippen LogP contribution in [0.3, 0.4) is 0 Å². The molecule has 1 unspecified atom stereocenters. The first-order valence-corrected chi connectivity index (χ1v) is 5.38. The Balaban J connectivity index is 2.97. The van der Waals surface area contributed by atoms with Crippen LogP contribution in [0.15, 0.2) is 6.20 Å². The second-order valence-corrected chi connectivity index (χ2v) is 3.62. The molecule has 1 amide bonds. The first-order chi connectivity index (χ1) is 8.12. The van der Waals surface area contributed by atoms with Crippen molar-refractivity contribution in [3.05, 3.63) is 17.8 Å². The van der Waals surface area contributed by atoms with E-state index >= 15 is 0 Å². The minimum absolute atomic E-state index is 0.00394. The highest BCUT2D eigenvalue weighted by Gasteiger charge is 2.16. The highest BCUT2D eigenvalue weighted by molar-refractivity contribution is 5.73. The van der Waals surface area contributed by atoms with Crippen LogP contribution in [0.1, 0.15) is 19.7 Å². The van der Waals surface area contributed by atoms with Crippen LogP contribution in [-0.4, -0.2) is 36.1 Å². The van der Waals surface area contributed by atoms with E-state index in [0.29, 0.717) is 18.7 Å². The summed E-state index contributed by atoms with van der Waals surface area (Å²) in [6.45, 7) is 3.90. The van der Waals surface area contributed by atoms with Crippen molar-refractivity contribution in [1.29, 1.82) is 0 Å². The molecular formula is C11H16FN3O2. The molecule has 5 nitrogen and oxygen atoms in total. The van der Waals surface area contributed by atoms with Crippen LogP contribution in [-0.2, 0) is 16.0 Å². The summed E-state index contributed by atoms with van der Waals surface area (Å²) >= 11 is 0. The summed E-state index contributed by atoms with van der Waals surface area (Å²) in [5.41, 5.74) is 0. The molecule has 6 heteroatoms. The molecule has 1 rings (SSSR count). The van der Waals surface area contributed by atoms with E-state index in [2.05, 4.69) is 9.97 Å².